The van der Waals surface area contributed by atoms with Crippen molar-refractivity contribution in [2.75, 3.05) is 42.9 Å². The summed E-state index contributed by atoms with van der Waals surface area (Å²) in [6, 6.07) is 8.19. The molecule has 2 aromatic carbocycles. The summed E-state index contributed by atoms with van der Waals surface area (Å²) < 4.78 is 40.4. The van der Waals surface area contributed by atoms with Gasteiger partial charge in [-0.1, -0.05) is 0 Å². The van der Waals surface area contributed by atoms with E-state index in [1.807, 2.05) is 4.90 Å². The van der Waals surface area contributed by atoms with Crippen LogP contribution in [0.25, 0.3) is 0 Å². The molecular weight excluding hydrogens is 451 g/mol. The first-order chi connectivity index (χ1) is 15.5. The van der Waals surface area contributed by atoms with Crippen molar-refractivity contribution in [1.29, 1.82) is 0 Å². The number of alkyl halides is 3. The third kappa shape index (κ3) is 6.52. The number of hydrogen-bond acceptors (Lipinski definition) is 8. The van der Waals surface area contributed by atoms with Gasteiger partial charge in [-0.15, -0.1) is 13.2 Å². The number of piperazine rings is 1. The van der Waals surface area contributed by atoms with E-state index in [1.54, 1.807) is 4.90 Å². The van der Waals surface area contributed by atoms with Gasteiger partial charge in [0.2, 0.25) is 5.91 Å². The molecule has 176 valence electrons. The van der Waals surface area contributed by atoms with Crippen LogP contribution >= 0.6 is 0 Å². The Morgan fingerprint density at radius 1 is 1.00 bits per heavy atom. The van der Waals surface area contributed by atoms with Crippen molar-refractivity contribution < 1.29 is 32.5 Å². The van der Waals surface area contributed by atoms with Crippen LogP contribution in [0.1, 0.15) is 0 Å². The van der Waals surface area contributed by atoms with Crippen molar-refractivity contribution in [3.63, 3.8) is 0 Å². The number of nitro benzene ring substituents is 2. The standard InChI is InChI=1S/C19H18F3N5O6/c20-19(21,22)33-15-4-1-13(2-5-15)23-18(28)12-24-7-9-25(10-8-24)16-6-3-14(26(29)30)11-17(16)27(31)32/h1-6,11H,7-10,12H2,(H,23,28). The molecule has 14 heteroatoms. The fraction of sp³-hybridized carbons (Fsp3) is 0.316. The summed E-state index contributed by atoms with van der Waals surface area (Å²) in [5.74, 6) is -0.786. The molecule has 0 spiro atoms. The molecular formula is C19H18F3N5O6. The Bertz CT molecular complexity index is 1040. The average molecular weight is 469 g/mol. The highest BCUT2D eigenvalue weighted by Crippen LogP contribution is 2.32. The second-order valence-corrected chi connectivity index (χ2v) is 7.07. The number of ether oxygens (including phenoxy) is 1. The molecule has 0 radical (unpaired) electrons. The predicted molar refractivity (Wildman–Crippen MR) is 110 cm³/mol. The molecule has 2 aromatic rings. The van der Waals surface area contributed by atoms with E-state index < -0.39 is 22.0 Å². The zero-order valence-corrected chi connectivity index (χ0v) is 16.9. The van der Waals surface area contributed by atoms with E-state index in [4.69, 9.17) is 0 Å². The first-order valence-electron chi connectivity index (χ1n) is 9.57. The molecule has 3 rings (SSSR count). The largest absolute Gasteiger partial charge is 0.573 e. The molecule has 0 aliphatic carbocycles. The number of nitrogens with zero attached hydrogens (tertiary/aromatic N) is 4. The van der Waals surface area contributed by atoms with Gasteiger partial charge in [0.25, 0.3) is 11.4 Å². The third-order valence-corrected chi connectivity index (χ3v) is 4.82. The minimum Gasteiger partial charge on any atom is -0.406 e. The van der Waals surface area contributed by atoms with Gasteiger partial charge in [-0.3, -0.25) is 29.9 Å². The van der Waals surface area contributed by atoms with Crippen LogP contribution in [0, 0.1) is 20.2 Å². The topological polar surface area (TPSA) is 131 Å². The number of carbonyl (C=O) groups is 1. The van der Waals surface area contributed by atoms with Crippen molar-refractivity contribution in [1.82, 2.24) is 4.90 Å². The Morgan fingerprint density at radius 3 is 2.18 bits per heavy atom. The van der Waals surface area contributed by atoms with Crippen molar-refractivity contribution >= 4 is 28.7 Å². The second kappa shape index (κ2) is 9.68. The van der Waals surface area contributed by atoms with Gasteiger partial charge in [0.1, 0.15) is 11.4 Å². The smallest absolute Gasteiger partial charge is 0.406 e. The van der Waals surface area contributed by atoms with Crippen LogP contribution in [0.3, 0.4) is 0 Å². The maximum Gasteiger partial charge on any atom is 0.573 e. The number of non-ortho nitro benzene ring substituents is 1. The lowest BCUT2D eigenvalue weighted by Crippen LogP contribution is -2.48. The van der Waals surface area contributed by atoms with Gasteiger partial charge in [0.15, 0.2) is 0 Å². The maximum atomic E-state index is 12.3. The Hall–Kier alpha value is -3.94. The lowest BCUT2D eigenvalue weighted by molar-refractivity contribution is -0.393. The summed E-state index contributed by atoms with van der Waals surface area (Å²) in [6.45, 7) is 1.53. The number of halogens is 3. The summed E-state index contributed by atoms with van der Waals surface area (Å²) in [6.07, 6.45) is -4.80. The van der Waals surface area contributed by atoms with Crippen LogP contribution in [0.5, 0.6) is 5.75 Å². The minimum absolute atomic E-state index is 0.0109. The zero-order valence-electron chi connectivity index (χ0n) is 16.9. The lowest BCUT2D eigenvalue weighted by atomic mass is 10.2. The van der Waals surface area contributed by atoms with E-state index in [0.29, 0.717) is 31.9 Å². The third-order valence-electron chi connectivity index (χ3n) is 4.82. The van der Waals surface area contributed by atoms with Crippen LogP contribution < -0.4 is 15.0 Å². The summed E-state index contributed by atoms with van der Waals surface area (Å²) in [5, 5.41) is 24.8. The Morgan fingerprint density at radius 2 is 1.64 bits per heavy atom. The number of rotatable bonds is 7. The first kappa shape index (κ1) is 23.7. The summed E-state index contributed by atoms with van der Waals surface area (Å²) in [7, 11) is 0. The second-order valence-electron chi connectivity index (χ2n) is 7.07. The molecule has 33 heavy (non-hydrogen) atoms. The van der Waals surface area contributed by atoms with Crippen LogP contribution in [-0.4, -0.2) is 59.7 Å². The fourth-order valence-electron chi connectivity index (χ4n) is 3.33. The predicted octanol–water partition coefficient (Wildman–Crippen LogP) is 3.16. The number of hydrogen-bond donors (Lipinski definition) is 1. The highest BCUT2D eigenvalue weighted by atomic mass is 19.4. The molecule has 1 N–H and O–H groups in total. The Labute approximate surface area is 184 Å². The number of nitrogens with one attached hydrogen (secondary N) is 1. The SMILES string of the molecule is O=C(CN1CCN(c2ccc([N+](=O)[O-])cc2[N+](=O)[O-])CC1)Nc1ccc(OC(F)(F)F)cc1. The highest BCUT2D eigenvalue weighted by molar-refractivity contribution is 5.92. The Balaban J connectivity index is 1.54. The normalized spacial score (nSPS) is 14.6. The van der Waals surface area contributed by atoms with Crippen molar-refractivity contribution in [2.24, 2.45) is 0 Å². The van der Waals surface area contributed by atoms with Crippen LogP contribution in [0.4, 0.5) is 35.9 Å². The average Bonchev–Trinajstić information content (AvgIpc) is 2.74. The van der Waals surface area contributed by atoms with Crippen LogP contribution in [-0.2, 0) is 4.79 Å². The van der Waals surface area contributed by atoms with E-state index in [9.17, 15) is 38.2 Å². The molecule has 0 saturated carbocycles. The minimum atomic E-state index is -4.80. The molecule has 0 atom stereocenters. The molecule has 1 saturated heterocycles. The molecule has 1 heterocycles. The number of carbonyl (C=O) groups excluding carboxylic acids is 1. The highest BCUT2D eigenvalue weighted by Gasteiger charge is 2.31. The van der Waals surface area contributed by atoms with Gasteiger partial charge >= 0.3 is 6.36 Å². The molecule has 1 fully saturated rings. The summed E-state index contributed by atoms with van der Waals surface area (Å²) in [4.78, 5) is 36.6. The van der Waals surface area contributed by atoms with E-state index in [0.717, 1.165) is 18.2 Å². The number of anilines is 2. The van der Waals surface area contributed by atoms with Gasteiger partial charge in [-0.2, -0.15) is 0 Å². The van der Waals surface area contributed by atoms with Gasteiger partial charge in [0, 0.05) is 37.9 Å². The molecule has 1 aliphatic heterocycles. The van der Waals surface area contributed by atoms with Crippen LogP contribution in [0.15, 0.2) is 42.5 Å². The van der Waals surface area contributed by atoms with Crippen molar-refractivity contribution in [3.8, 4) is 5.75 Å². The monoisotopic (exact) mass is 469 g/mol. The van der Waals surface area contributed by atoms with Crippen molar-refractivity contribution in [2.45, 2.75) is 6.36 Å². The number of amides is 1. The molecule has 1 amide bonds. The maximum absolute atomic E-state index is 12.3. The number of benzene rings is 2. The fourth-order valence-corrected chi connectivity index (χ4v) is 3.33. The quantitative estimate of drug-likeness (QED) is 0.483. The van der Waals surface area contributed by atoms with Crippen molar-refractivity contribution in [3.05, 3.63) is 62.7 Å². The van der Waals surface area contributed by atoms with Crippen LogP contribution in [0.2, 0.25) is 0 Å². The van der Waals surface area contributed by atoms with Gasteiger partial charge < -0.3 is 15.0 Å². The summed E-state index contributed by atoms with van der Waals surface area (Å²) >= 11 is 0. The van der Waals surface area contributed by atoms with E-state index in [2.05, 4.69) is 10.1 Å². The van der Waals surface area contributed by atoms with Gasteiger partial charge in [-0.05, 0) is 30.3 Å². The summed E-state index contributed by atoms with van der Waals surface area (Å²) in [5.41, 5.74) is -0.183. The molecule has 1 aliphatic rings. The van der Waals surface area contributed by atoms with E-state index in [1.165, 1.54) is 24.3 Å². The molecule has 0 unspecified atom stereocenters. The molecule has 0 bridgehead atoms. The first-order valence-corrected chi connectivity index (χ1v) is 9.57. The lowest BCUT2D eigenvalue weighted by Gasteiger charge is -2.35. The van der Waals surface area contributed by atoms with E-state index >= 15 is 0 Å². The molecule has 0 aromatic heterocycles. The zero-order chi connectivity index (χ0) is 24.2. The molecule has 11 nitrogen and oxygen atoms in total. The number of nitro groups is 2. The Kier molecular flexibility index (Phi) is 6.96. The van der Waals surface area contributed by atoms with Gasteiger partial charge in [0.05, 0.1) is 22.5 Å². The van der Waals surface area contributed by atoms with E-state index in [-0.39, 0.29) is 29.5 Å². The van der Waals surface area contributed by atoms with Gasteiger partial charge in [-0.25, -0.2) is 0 Å².